The van der Waals surface area contributed by atoms with Crippen LogP contribution in [0.15, 0.2) is 48.7 Å². The number of nitriles is 1. The van der Waals surface area contributed by atoms with E-state index in [1.807, 2.05) is 48.7 Å². The van der Waals surface area contributed by atoms with Crippen molar-refractivity contribution in [1.29, 1.82) is 5.26 Å². The summed E-state index contributed by atoms with van der Waals surface area (Å²) in [6, 6.07) is 15.4. The average Bonchev–Trinajstić information content (AvgIpc) is 3.15. The van der Waals surface area contributed by atoms with Crippen LogP contribution < -0.4 is 4.74 Å². The second-order valence-electron chi connectivity index (χ2n) is 8.10. The number of ether oxygens (including phenoxy) is 1. The molecule has 0 saturated carbocycles. The SMILES string of the molecule is CC(=O)c1cn(CCCN2CCCC(Oc3ccc(Cl)cc3)C2)c2c(C#N)cccc12. The van der Waals surface area contributed by atoms with E-state index in [4.69, 9.17) is 16.3 Å². The van der Waals surface area contributed by atoms with E-state index in [9.17, 15) is 10.1 Å². The Bertz CT molecular complexity index is 1110. The lowest BCUT2D eigenvalue weighted by molar-refractivity contribution is 0.0872. The van der Waals surface area contributed by atoms with Crippen LogP contribution in [0.5, 0.6) is 5.75 Å². The van der Waals surface area contributed by atoms with Crippen molar-refractivity contribution in [2.75, 3.05) is 19.6 Å². The molecule has 0 bridgehead atoms. The number of nitrogens with zero attached hydrogens (tertiary/aromatic N) is 3. The molecular weight excluding hydrogens is 410 g/mol. The van der Waals surface area contributed by atoms with Gasteiger partial charge in [-0.2, -0.15) is 5.26 Å². The van der Waals surface area contributed by atoms with Crippen LogP contribution in [-0.2, 0) is 6.54 Å². The van der Waals surface area contributed by atoms with Crippen LogP contribution in [0, 0.1) is 11.3 Å². The zero-order valence-electron chi connectivity index (χ0n) is 17.7. The number of hydrogen-bond acceptors (Lipinski definition) is 4. The fourth-order valence-electron chi connectivity index (χ4n) is 4.39. The predicted molar refractivity (Wildman–Crippen MR) is 123 cm³/mol. The van der Waals surface area contributed by atoms with Crippen LogP contribution in [0.3, 0.4) is 0 Å². The maximum Gasteiger partial charge on any atom is 0.161 e. The highest BCUT2D eigenvalue weighted by molar-refractivity contribution is 6.30. The quantitative estimate of drug-likeness (QED) is 0.472. The summed E-state index contributed by atoms with van der Waals surface area (Å²) in [6.45, 7) is 5.25. The Morgan fingerprint density at radius 1 is 1.23 bits per heavy atom. The maximum absolute atomic E-state index is 12.1. The molecule has 1 aliphatic heterocycles. The van der Waals surface area contributed by atoms with Gasteiger partial charge in [0.05, 0.1) is 11.1 Å². The maximum atomic E-state index is 12.1. The standard InChI is InChI=1S/C25H26ClN3O2/c1-18(30)24-17-29(25-19(15-27)5-2-7-23(24)25)14-4-13-28-12-3-6-22(16-28)31-21-10-8-20(26)9-11-21/h2,5,7-11,17,22H,3-4,6,12-14,16H2,1H3. The molecule has 1 atom stereocenters. The van der Waals surface area contributed by atoms with Crippen LogP contribution >= 0.6 is 11.6 Å². The average molecular weight is 436 g/mol. The van der Waals surface area contributed by atoms with Gasteiger partial charge in [0.25, 0.3) is 0 Å². The van der Waals surface area contributed by atoms with Crippen molar-refractivity contribution in [2.24, 2.45) is 0 Å². The number of fused-ring (bicyclic) bond motifs is 1. The third-order valence-electron chi connectivity index (χ3n) is 5.85. The number of hydrogen-bond donors (Lipinski definition) is 0. The number of aromatic nitrogens is 1. The lowest BCUT2D eigenvalue weighted by atomic mass is 10.1. The molecule has 160 valence electrons. The molecular formula is C25H26ClN3O2. The van der Waals surface area contributed by atoms with E-state index in [1.165, 1.54) is 0 Å². The van der Waals surface area contributed by atoms with E-state index in [0.717, 1.165) is 62.1 Å². The zero-order chi connectivity index (χ0) is 21.8. The topological polar surface area (TPSA) is 58.3 Å². The summed E-state index contributed by atoms with van der Waals surface area (Å²) in [6.07, 6.45) is 5.18. The highest BCUT2D eigenvalue weighted by Gasteiger charge is 2.21. The Morgan fingerprint density at radius 3 is 2.77 bits per heavy atom. The number of carbonyl (C=O) groups is 1. The van der Waals surface area contributed by atoms with Gasteiger partial charge in [-0.15, -0.1) is 0 Å². The monoisotopic (exact) mass is 435 g/mol. The molecule has 1 saturated heterocycles. The van der Waals surface area contributed by atoms with Crippen molar-refractivity contribution < 1.29 is 9.53 Å². The van der Waals surface area contributed by atoms with Gasteiger partial charge in [0.2, 0.25) is 0 Å². The largest absolute Gasteiger partial charge is 0.489 e. The molecule has 5 nitrogen and oxygen atoms in total. The van der Waals surface area contributed by atoms with Crippen LogP contribution in [-0.4, -0.2) is 41.0 Å². The third kappa shape index (κ3) is 4.92. The summed E-state index contributed by atoms with van der Waals surface area (Å²) in [4.78, 5) is 14.5. The first kappa shape index (κ1) is 21.4. The molecule has 0 N–H and O–H groups in total. The Hall–Kier alpha value is -2.81. The minimum Gasteiger partial charge on any atom is -0.489 e. The number of likely N-dealkylation sites (tertiary alicyclic amines) is 1. The molecule has 4 rings (SSSR count). The lowest BCUT2D eigenvalue weighted by Crippen LogP contribution is -2.41. The van der Waals surface area contributed by atoms with E-state index < -0.39 is 0 Å². The number of rotatable bonds is 7. The molecule has 1 fully saturated rings. The fourth-order valence-corrected chi connectivity index (χ4v) is 4.52. The molecule has 6 heteroatoms. The van der Waals surface area contributed by atoms with Gasteiger partial charge in [0, 0.05) is 35.3 Å². The Morgan fingerprint density at radius 2 is 2.03 bits per heavy atom. The molecule has 0 aliphatic carbocycles. The molecule has 31 heavy (non-hydrogen) atoms. The number of para-hydroxylation sites is 1. The Kier molecular flexibility index (Phi) is 6.60. The Labute approximate surface area is 187 Å². The summed E-state index contributed by atoms with van der Waals surface area (Å²) in [5.41, 5.74) is 2.15. The molecule has 1 unspecified atom stereocenters. The van der Waals surface area contributed by atoms with Gasteiger partial charge in [-0.3, -0.25) is 9.69 Å². The predicted octanol–water partition coefficient (Wildman–Crippen LogP) is 5.30. The van der Waals surface area contributed by atoms with Crippen molar-refractivity contribution in [2.45, 2.75) is 38.8 Å². The van der Waals surface area contributed by atoms with Gasteiger partial charge in [-0.05, 0) is 69.6 Å². The molecule has 1 aromatic heterocycles. The molecule has 0 radical (unpaired) electrons. The summed E-state index contributed by atoms with van der Waals surface area (Å²) in [5, 5.41) is 11.1. The number of halogens is 1. The molecule has 0 spiro atoms. The molecule has 3 aromatic rings. The van der Waals surface area contributed by atoms with Gasteiger partial charge in [0.15, 0.2) is 5.78 Å². The smallest absolute Gasteiger partial charge is 0.161 e. The second kappa shape index (κ2) is 9.55. The fraction of sp³-hybridized carbons (Fsp3) is 0.360. The number of Topliss-reactive ketones (excluding diaryl/α,β-unsaturated/α-hetero) is 1. The number of aryl methyl sites for hydroxylation is 1. The number of ketones is 1. The lowest BCUT2D eigenvalue weighted by Gasteiger charge is -2.33. The summed E-state index contributed by atoms with van der Waals surface area (Å²) in [7, 11) is 0. The zero-order valence-corrected chi connectivity index (χ0v) is 18.4. The van der Waals surface area contributed by atoms with E-state index >= 15 is 0 Å². The minimum absolute atomic E-state index is 0.0251. The van der Waals surface area contributed by atoms with E-state index in [-0.39, 0.29) is 11.9 Å². The number of carbonyl (C=O) groups excluding carboxylic acids is 1. The van der Waals surface area contributed by atoms with Crippen molar-refractivity contribution in [1.82, 2.24) is 9.47 Å². The first-order valence-corrected chi connectivity index (χ1v) is 11.1. The summed E-state index contributed by atoms with van der Waals surface area (Å²) >= 11 is 5.96. The molecule has 2 heterocycles. The second-order valence-corrected chi connectivity index (χ2v) is 8.53. The van der Waals surface area contributed by atoms with E-state index in [1.54, 1.807) is 6.92 Å². The van der Waals surface area contributed by atoms with Gasteiger partial charge in [0.1, 0.15) is 17.9 Å². The summed E-state index contributed by atoms with van der Waals surface area (Å²) < 4.78 is 8.21. The summed E-state index contributed by atoms with van der Waals surface area (Å²) in [5.74, 6) is 0.882. The van der Waals surface area contributed by atoms with Crippen molar-refractivity contribution in [3.8, 4) is 11.8 Å². The van der Waals surface area contributed by atoms with Crippen molar-refractivity contribution in [3.05, 3.63) is 64.8 Å². The number of benzene rings is 2. The van der Waals surface area contributed by atoms with Gasteiger partial charge in [-0.1, -0.05) is 23.7 Å². The van der Waals surface area contributed by atoms with Crippen LogP contribution in [0.1, 0.15) is 42.1 Å². The third-order valence-corrected chi connectivity index (χ3v) is 6.10. The van der Waals surface area contributed by atoms with E-state index in [2.05, 4.69) is 15.5 Å². The minimum atomic E-state index is 0.0251. The first-order valence-electron chi connectivity index (χ1n) is 10.7. The van der Waals surface area contributed by atoms with Crippen LogP contribution in [0.2, 0.25) is 5.02 Å². The molecule has 1 aliphatic rings. The van der Waals surface area contributed by atoms with Crippen molar-refractivity contribution in [3.63, 3.8) is 0 Å². The van der Waals surface area contributed by atoms with Gasteiger partial charge in [-0.25, -0.2) is 0 Å². The molecule has 0 amide bonds. The Balaban J connectivity index is 1.39. The first-order chi connectivity index (χ1) is 15.0. The van der Waals surface area contributed by atoms with Crippen LogP contribution in [0.25, 0.3) is 10.9 Å². The molecule has 2 aromatic carbocycles. The van der Waals surface area contributed by atoms with E-state index in [0.29, 0.717) is 16.1 Å². The van der Waals surface area contributed by atoms with Crippen LogP contribution in [0.4, 0.5) is 0 Å². The normalized spacial score (nSPS) is 16.9. The number of piperidine rings is 1. The highest BCUT2D eigenvalue weighted by Crippen LogP contribution is 2.26. The highest BCUT2D eigenvalue weighted by atomic mass is 35.5. The van der Waals surface area contributed by atoms with Gasteiger partial charge >= 0.3 is 0 Å². The van der Waals surface area contributed by atoms with Crippen molar-refractivity contribution >= 4 is 28.3 Å². The van der Waals surface area contributed by atoms with Gasteiger partial charge < -0.3 is 9.30 Å².